The molecule has 2 heterocycles. The van der Waals surface area contributed by atoms with Gasteiger partial charge in [-0.1, -0.05) is 24.6 Å². The lowest BCUT2D eigenvalue weighted by Gasteiger charge is -2.26. The smallest absolute Gasteiger partial charge is 0.270 e. The highest BCUT2D eigenvalue weighted by molar-refractivity contribution is 5.94. The molecule has 0 saturated carbocycles. The lowest BCUT2D eigenvalue weighted by molar-refractivity contribution is 0.0939. The normalized spacial score (nSPS) is 14.7. The molecule has 0 aliphatic carbocycles. The number of para-hydroxylation sites is 1. The van der Waals surface area contributed by atoms with E-state index in [4.69, 9.17) is 0 Å². The molecule has 29 heavy (non-hydrogen) atoms. The molecule has 0 bridgehead atoms. The summed E-state index contributed by atoms with van der Waals surface area (Å²) in [5.74, 6) is -0.460. The van der Waals surface area contributed by atoms with Crippen molar-refractivity contribution in [2.75, 3.05) is 26.2 Å². The minimum absolute atomic E-state index is 0.160. The number of carbonyl (C=O) groups is 1. The second kappa shape index (κ2) is 9.01. The summed E-state index contributed by atoms with van der Waals surface area (Å²) in [6.45, 7) is 3.67. The van der Waals surface area contributed by atoms with Crippen LogP contribution in [0.2, 0.25) is 0 Å². The zero-order chi connectivity index (χ0) is 20.1. The van der Waals surface area contributed by atoms with Crippen molar-refractivity contribution >= 4 is 5.91 Å². The van der Waals surface area contributed by atoms with Gasteiger partial charge in [0, 0.05) is 18.7 Å². The van der Waals surface area contributed by atoms with Gasteiger partial charge in [-0.05, 0) is 68.4 Å². The van der Waals surface area contributed by atoms with E-state index in [1.807, 2.05) is 30.3 Å². The summed E-state index contributed by atoms with van der Waals surface area (Å²) in [6, 6.07) is 17.5. The van der Waals surface area contributed by atoms with Crippen LogP contribution in [-0.4, -0.2) is 46.8 Å². The van der Waals surface area contributed by atoms with Crippen molar-refractivity contribution in [1.82, 2.24) is 20.0 Å². The Morgan fingerprint density at radius 2 is 1.72 bits per heavy atom. The van der Waals surface area contributed by atoms with Crippen molar-refractivity contribution in [2.24, 2.45) is 0 Å². The van der Waals surface area contributed by atoms with E-state index in [1.54, 1.807) is 22.9 Å². The Bertz CT molecular complexity index is 947. The lowest BCUT2D eigenvalue weighted by Crippen LogP contribution is -2.38. The van der Waals surface area contributed by atoms with Crippen molar-refractivity contribution < 1.29 is 9.18 Å². The summed E-state index contributed by atoms with van der Waals surface area (Å²) < 4.78 is 14.9. The maximum atomic E-state index is 13.3. The number of hydrogen-bond donors (Lipinski definition) is 1. The van der Waals surface area contributed by atoms with Crippen molar-refractivity contribution in [3.8, 4) is 16.9 Å². The molecule has 0 spiro atoms. The Balaban J connectivity index is 1.55. The molecular weight excluding hydrogens is 367 g/mol. The number of benzene rings is 2. The number of aromatic nitrogens is 2. The third kappa shape index (κ3) is 4.71. The van der Waals surface area contributed by atoms with Gasteiger partial charge in [0.25, 0.3) is 5.91 Å². The number of amides is 1. The Kier molecular flexibility index (Phi) is 6.00. The van der Waals surface area contributed by atoms with Crippen LogP contribution in [0.25, 0.3) is 16.9 Å². The fourth-order valence-corrected chi connectivity index (χ4v) is 3.67. The van der Waals surface area contributed by atoms with E-state index in [1.165, 1.54) is 31.4 Å². The van der Waals surface area contributed by atoms with Gasteiger partial charge in [-0.25, -0.2) is 9.07 Å². The summed E-state index contributed by atoms with van der Waals surface area (Å²) in [4.78, 5) is 15.3. The topological polar surface area (TPSA) is 50.2 Å². The molecule has 0 radical (unpaired) electrons. The summed E-state index contributed by atoms with van der Waals surface area (Å²) in [5, 5.41) is 7.65. The van der Waals surface area contributed by atoms with Crippen LogP contribution in [-0.2, 0) is 0 Å². The standard InChI is InChI=1S/C23H25FN4O/c24-19-11-9-18(10-12-19)21-17-22(28(26-21)20-7-3-1-4-8-20)23(29)25-13-16-27-14-5-2-6-15-27/h1,3-4,7-12,17H,2,5-6,13-16H2,(H,25,29). The number of hydrogen-bond acceptors (Lipinski definition) is 3. The van der Waals surface area contributed by atoms with E-state index in [9.17, 15) is 9.18 Å². The van der Waals surface area contributed by atoms with Gasteiger partial charge >= 0.3 is 0 Å². The van der Waals surface area contributed by atoms with Gasteiger partial charge in [0.05, 0.1) is 11.4 Å². The average Bonchev–Trinajstić information content (AvgIpc) is 3.21. The first-order chi connectivity index (χ1) is 14.2. The van der Waals surface area contributed by atoms with E-state index in [2.05, 4.69) is 15.3 Å². The van der Waals surface area contributed by atoms with Crippen LogP contribution in [0, 0.1) is 5.82 Å². The van der Waals surface area contributed by atoms with Crippen molar-refractivity contribution in [2.45, 2.75) is 19.3 Å². The molecular formula is C23H25FN4O. The largest absolute Gasteiger partial charge is 0.349 e. The molecule has 1 saturated heterocycles. The third-order valence-electron chi connectivity index (χ3n) is 5.25. The molecule has 6 heteroatoms. The zero-order valence-electron chi connectivity index (χ0n) is 16.4. The molecule has 1 aromatic heterocycles. The number of nitrogens with one attached hydrogen (secondary N) is 1. The van der Waals surface area contributed by atoms with Crippen molar-refractivity contribution in [3.63, 3.8) is 0 Å². The number of piperidine rings is 1. The fraction of sp³-hybridized carbons (Fsp3) is 0.304. The first kappa shape index (κ1) is 19.3. The number of carbonyl (C=O) groups excluding carboxylic acids is 1. The van der Waals surface area contributed by atoms with Gasteiger partial charge in [-0.15, -0.1) is 0 Å². The number of likely N-dealkylation sites (tertiary alicyclic amines) is 1. The Hall–Kier alpha value is -2.99. The monoisotopic (exact) mass is 392 g/mol. The summed E-state index contributed by atoms with van der Waals surface area (Å²) in [6.07, 6.45) is 3.76. The number of nitrogens with zero attached hydrogens (tertiary/aromatic N) is 3. The summed E-state index contributed by atoms with van der Waals surface area (Å²) in [5.41, 5.74) is 2.68. The molecule has 1 aliphatic rings. The van der Waals surface area contributed by atoms with Crippen LogP contribution in [0.5, 0.6) is 0 Å². The fourth-order valence-electron chi connectivity index (χ4n) is 3.67. The molecule has 0 unspecified atom stereocenters. The molecule has 2 aromatic carbocycles. The van der Waals surface area contributed by atoms with E-state index >= 15 is 0 Å². The molecule has 4 rings (SSSR count). The second-order valence-electron chi connectivity index (χ2n) is 7.33. The van der Waals surface area contributed by atoms with Crippen LogP contribution in [0.3, 0.4) is 0 Å². The third-order valence-corrected chi connectivity index (χ3v) is 5.25. The first-order valence-corrected chi connectivity index (χ1v) is 10.1. The van der Waals surface area contributed by atoms with Crippen molar-refractivity contribution in [1.29, 1.82) is 0 Å². The molecule has 1 fully saturated rings. The highest BCUT2D eigenvalue weighted by atomic mass is 19.1. The van der Waals surface area contributed by atoms with E-state index in [-0.39, 0.29) is 11.7 Å². The van der Waals surface area contributed by atoms with Crippen LogP contribution in [0.1, 0.15) is 29.8 Å². The quantitative estimate of drug-likeness (QED) is 0.692. The summed E-state index contributed by atoms with van der Waals surface area (Å²) in [7, 11) is 0. The zero-order valence-corrected chi connectivity index (χ0v) is 16.4. The van der Waals surface area contributed by atoms with Crippen LogP contribution in [0.4, 0.5) is 4.39 Å². The van der Waals surface area contributed by atoms with Gasteiger partial charge in [-0.3, -0.25) is 4.79 Å². The average molecular weight is 392 g/mol. The first-order valence-electron chi connectivity index (χ1n) is 10.1. The van der Waals surface area contributed by atoms with Gasteiger partial charge in [-0.2, -0.15) is 5.10 Å². The Morgan fingerprint density at radius 1 is 1.00 bits per heavy atom. The number of halogens is 1. The van der Waals surface area contributed by atoms with Crippen LogP contribution >= 0.6 is 0 Å². The predicted octanol–water partition coefficient (Wildman–Crippen LogP) is 3.89. The van der Waals surface area contributed by atoms with Gasteiger partial charge in [0.2, 0.25) is 0 Å². The summed E-state index contributed by atoms with van der Waals surface area (Å²) >= 11 is 0. The van der Waals surface area contributed by atoms with Crippen molar-refractivity contribution in [3.05, 3.63) is 72.2 Å². The van der Waals surface area contributed by atoms with E-state index in [0.29, 0.717) is 17.9 Å². The number of rotatable bonds is 6. The molecule has 5 nitrogen and oxygen atoms in total. The minimum atomic E-state index is -0.299. The molecule has 3 aromatic rings. The van der Waals surface area contributed by atoms with Gasteiger partial charge in [0.15, 0.2) is 0 Å². The van der Waals surface area contributed by atoms with Crippen LogP contribution in [0.15, 0.2) is 60.7 Å². The van der Waals surface area contributed by atoms with E-state index in [0.717, 1.165) is 30.9 Å². The maximum Gasteiger partial charge on any atom is 0.270 e. The highest BCUT2D eigenvalue weighted by Crippen LogP contribution is 2.22. The molecule has 1 aliphatic heterocycles. The second-order valence-corrected chi connectivity index (χ2v) is 7.33. The van der Waals surface area contributed by atoms with Gasteiger partial charge < -0.3 is 10.2 Å². The highest BCUT2D eigenvalue weighted by Gasteiger charge is 2.18. The Morgan fingerprint density at radius 3 is 2.45 bits per heavy atom. The maximum absolute atomic E-state index is 13.3. The molecule has 150 valence electrons. The SMILES string of the molecule is O=C(NCCN1CCCCC1)c1cc(-c2ccc(F)cc2)nn1-c1ccccc1. The van der Waals surface area contributed by atoms with E-state index < -0.39 is 0 Å². The molecule has 1 amide bonds. The Labute approximate surface area is 170 Å². The predicted molar refractivity (Wildman–Crippen MR) is 112 cm³/mol. The van der Waals surface area contributed by atoms with Gasteiger partial charge in [0.1, 0.15) is 11.5 Å². The molecule has 1 N–H and O–H groups in total. The molecule has 0 atom stereocenters. The van der Waals surface area contributed by atoms with Crippen LogP contribution < -0.4 is 5.32 Å². The lowest BCUT2D eigenvalue weighted by atomic mass is 10.1. The minimum Gasteiger partial charge on any atom is -0.349 e.